The minimum atomic E-state index is -0.752. The average molecular weight is 487 g/mol. The van der Waals surface area contributed by atoms with E-state index >= 15 is 0 Å². The molecular formula is C28H38O7. The third kappa shape index (κ3) is 7.26. The van der Waals surface area contributed by atoms with Gasteiger partial charge in [-0.1, -0.05) is 42.5 Å². The van der Waals surface area contributed by atoms with E-state index in [4.69, 9.17) is 33.2 Å². The lowest BCUT2D eigenvalue weighted by molar-refractivity contribution is -0.176. The quantitative estimate of drug-likeness (QED) is 0.420. The van der Waals surface area contributed by atoms with Crippen LogP contribution in [-0.4, -0.2) is 56.3 Å². The van der Waals surface area contributed by atoms with Crippen LogP contribution in [0.4, 0.5) is 0 Å². The molecule has 0 aromatic heterocycles. The van der Waals surface area contributed by atoms with Crippen molar-refractivity contribution in [3.63, 3.8) is 0 Å². The molecule has 0 aliphatic carbocycles. The Kier molecular flexibility index (Phi) is 8.47. The first-order valence-electron chi connectivity index (χ1n) is 12.3. The standard InChI is InChI=1S/C28H38O7/c1-27(2)32-19-24(33-27)26-25(34-28(3,4)35-26)23(15-16-30-17-20-9-7-6-8-10-20)31-18-21-11-13-22(29-5)14-12-21/h6-14,23-26H,15-19H2,1-5H3/t23-,24-,25-,26-/m1/s1. The molecule has 192 valence electrons. The summed E-state index contributed by atoms with van der Waals surface area (Å²) in [6.45, 7) is 9.65. The fraction of sp³-hybridized carbons (Fsp3) is 0.571. The molecule has 2 fully saturated rings. The van der Waals surface area contributed by atoms with Crippen LogP contribution in [0.5, 0.6) is 5.75 Å². The third-order valence-corrected chi connectivity index (χ3v) is 6.21. The Balaban J connectivity index is 1.44. The molecule has 2 aliphatic rings. The molecule has 0 spiro atoms. The van der Waals surface area contributed by atoms with Crippen LogP contribution in [0.15, 0.2) is 54.6 Å². The first kappa shape index (κ1) is 26.1. The van der Waals surface area contributed by atoms with Gasteiger partial charge in [-0.05, 0) is 57.4 Å². The summed E-state index contributed by atoms with van der Waals surface area (Å²) in [4.78, 5) is 0. The molecule has 7 nitrogen and oxygen atoms in total. The lowest BCUT2D eigenvalue weighted by Crippen LogP contribution is -2.45. The molecule has 35 heavy (non-hydrogen) atoms. The van der Waals surface area contributed by atoms with E-state index in [1.165, 1.54) is 0 Å². The second-order valence-corrected chi connectivity index (χ2v) is 9.96. The largest absolute Gasteiger partial charge is 0.497 e. The number of rotatable bonds is 11. The summed E-state index contributed by atoms with van der Waals surface area (Å²) in [5.74, 6) is -0.586. The van der Waals surface area contributed by atoms with E-state index in [0.717, 1.165) is 16.9 Å². The van der Waals surface area contributed by atoms with Crippen LogP contribution in [0.3, 0.4) is 0 Å². The number of hydrogen-bond donors (Lipinski definition) is 0. The van der Waals surface area contributed by atoms with Gasteiger partial charge in [0.15, 0.2) is 11.6 Å². The van der Waals surface area contributed by atoms with Crippen LogP contribution in [0, 0.1) is 0 Å². The molecule has 0 saturated carbocycles. The first-order chi connectivity index (χ1) is 16.7. The van der Waals surface area contributed by atoms with Gasteiger partial charge < -0.3 is 33.2 Å². The van der Waals surface area contributed by atoms with E-state index < -0.39 is 11.6 Å². The summed E-state index contributed by atoms with van der Waals surface area (Å²) < 4.78 is 42.4. The third-order valence-electron chi connectivity index (χ3n) is 6.21. The topological polar surface area (TPSA) is 64.6 Å². The number of hydrogen-bond acceptors (Lipinski definition) is 7. The molecule has 2 saturated heterocycles. The molecule has 2 aliphatic heterocycles. The molecule has 4 rings (SSSR count). The Morgan fingerprint density at radius 2 is 1.57 bits per heavy atom. The molecule has 0 radical (unpaired) electrons. The Morgan fingerprint density at radius 3 is 2.23 bits per heavy atom. The predicted octanol–water partition coefficient (Wildman–Crippen LogP) is 4.86. The molecule has 7 heteroatoms. The van der Waals surface area contributed by atoms with E-state index in [-0.39, 0.29) is 24.4 Å². The summed E-state index contributed by atoms with van der Waals surface area (Å²) in [5, 5.41) is 0. The zero-order valence-corrected chi connectivity index (χ0v) is 21.4. The van der Waals surface area contributed by atoms with Gasteiger partial charge in [-0.25, -0.2) is 0 Å². The Labute approximate surface area is 208 Å². The van der Waals surface area contributed by atoms with Crippen molar-refractivity contribution in [1.82, 2.24) is 0 Å². The normalized spacial score (nSPS) is 26.0. The van der Waals surface area contributed by atoms with Gasteiger partial charge in [-0.15, -0.1) is 0 Å². The van der Waals surface area contributed by atoms with E-state index in [1.54, 1.807) is 7.11 Å². The van der Waals surface area contributed by atoms with E-state index in [9.17, 15) is 0 Å². The van der Waals surface area contributed by atoms with E-state index in [1.807, 2.05) is 70.2 Å². The zero-order valence-electron chi connectivity index (χ0n) is 21.4. The van der Waals surface area contributed by atoms with Gasteiger partial charge in [0, 0.05) is 6.61 Å². The van der Waals surface area contributed by atoms with Gasteiger partial charge in [-0.3, -0.25) is 0 Å². The maximum absolute atomic E-state index is 6.45. The van der Waals surface area contributed by atoms with Gasteiger partial charge in [-0.2, -0.15) is 0 Å². The van der Waals surface area contributed by atoms with Crippen molar-refractivity contribution in [1.29, 1.82) is 0 Å². The molecular weight excluding hydrogens is 448 g/mol. The summed E-state index contributed by atoms with van der Waals surface area (Å²) in [6, 6.07) is 18.0. The maximum atomic E-state index is 6.45. The molecule has 4 atom stereocenters. The molecule has 2 heterocycles. The van der Waals surface area contributed by atoms with Crippen molar-refractivity contribution in [3.05, 3.63) is 65.7 Å². The molecule has 2 aromatic carbocycles. The van der Waals surface area contributed by atoms with Crippen LogP contribution in [-0.2, 0) is 41.6 Å². The van der Waals surface area contributed by atoms with Crippen molar-refractivity contribution < 1.29 is 33.2 Å². The van der Waals surface area contributed by atoms with Crippen molar-refractivity contribution in [2.24, 2.45) is 0 Å². The average Bonchev–Trinajstić information content (AvgIpc) is 3.37. The number of ether oxygens (including phenoxy) is 7. The highest BCUT2D eigenvalue weighted by molar-refractivity contribution is 5.26. The van der Waals surface area contributed by atoms with Crippen LogP contribution < -0.4 is 4.74 Å². The van der Waals surface area contributed by atoms with Gasteiger partial charge in [0.25, 0.3) is 0 Å². The van der Waals surface area contributed by atoms with E-state index in [0.29, 0.717) is 32.8 Å². The van der Waals surface area contributed by atoms with Crippen LogP contribution in [0.25, 0.3) is 0 Å². The van der Waals surface area contributed by atoms with Crippen molar-refractivity contribution in [2.45, 2.75) is 83.3 Å². The summed E-state index contributed by atoms with van der Waals surface area (Å²) >= 11 is 0. The monoisotopic (exact) mass is 486 g/mol. The fourth-order valence-corrected chi connectivity index (χ4v) is 4.50. The second-order valence-electron chi connectivity index (χ2n) is 9.96. The highest BCUT2D eigenvalue weighted by Gasteiger charge is 2.52. The molecule has 0 bridgehead atoms. The number of benzene rings is 2. The number of methoxy groups -OCH3 is 1. The van der Waals surface area contributed by atoms with E-state index in [2.05, 4.69) is 12.1 Å². The zero-order chi connectivity index (χ0) is 24.9. The van der Waals surface area contributed by atoms with Gasteiger partial charge in [0.05, 0.1) is 33.0 Å². The maximum Gasteiger partial charge on any atom is 0.164 e. The Morgan fingerprint density at radius 1 is 0.857 bits per heavy atom. The molecule has 0 N–H and O–H groups in total. The molecule has 0 amide bonds. The Bertz CT molecular complexity index is 913. The van der Waals surface area contributed by atoms with Gasteiger partial charge in [0.2, 0.25) is 0 Å². The van der Waals surface area contributed by atoms with Crippen LogP contribution in [0.2, 0.25) is 0 Å². The van der Waals surface area contributed by atoms with Crippen molar-refractivity contribution in [2.75, 3.05) is 20.3 Å². The van der Waals surface area contributed by atoms with Crippen molar-refractivity contribution in [3.8, 4) is 5.75 Å². The molecule has 0 unspecified atom stereocenters. The minimum Gasteiger partial charge on any atom is -0.497 e. The summed E-state index contributed by atoms with van der Waals surface area (Å²) in [6.07, 6.45) is -0.491. The van der Waals surface area contributed by atoms with Gasteiger partial charge >= 0.3 is 0 Å². The lowest BCUT2D eigenvalue weighted by Gasteiger charge is -2.29. The van der Waals surface area contributed by atoms with Gasteiger partial charge in [0.1, 0.15) is 24.1 Å². The minimum absolute atomic E-state index is 0.242. The highest BCUT2D eigenvalue weighted by Crippen LogP contribution is 2.38. The van der Waals surface area contributed by atoms with Crippen LogP contribution >= 0.6 is 0 Å². The summed E-state index contributed by atoms with van der Waals surface area (Å²) in [5.41, 5.74) is 2.19. The van der Waals surface area contributed by atoms with Crippen LogP contribution in [0.1, 0.15) is 45.2 Å². The molecule has 2 aromatic rings. The SMILES string of the molecule is COc1ccc(CO[C@H](CCOCc2ccccc2)[C@H]2OC(C)(C)O[C@@H]2[C@H]2COC(C)(C)O2)cc1. The summed E-state index contributed by atoms with van der Waals surface area (Å²) in [7, 11) is 1.66. The Hall–Kier alpha value is -2.00. The second kappa shape index (κ2) is 11.4. The van der Waals surface area contributed by atoms with Crippen molar-refractivity contribution >= 4 is 0 Å². The smallest absolute Gasteiger partial charge is 0.164 e. The lowest BCUT2D eigenvalue weighted by atomic mass is 10.0. The fourth-order valence-electron chi connectivity index (χ4n) is 4.50. The highest BCUT2D eigenvalue weighted by atomic mass is 16.8. The predicted molar refractivity (Wildman–Crippen MR) is 131 cm³/mol. The first-order valence-corrected chi connectivity index (χ1v) is 12.3.